The molecule has 2 saturated carbocycles. The van der Waals surface area contributed by atoms with Gasteiger partial charge in [0.25, 0.3) is 0 Å². The van der Waals surface area contributed by atoms with Gasteiger partial charge in [-0.1, -0.05) is 26.2 Å². The van der Waals surface area contributed by atoms with Crippen LogP contribution in [0.5, 0.6) is 0 Å². The quantitative estimate of drug-likeness (QED) is 0.783. The Kier molecular flexibility index (Phi) is 4.47. The van der Waals surface area contributed by atoms with Crippen LogP contribution in [0.4, 0.5) is 0 Å². The molecule has 0 radical (unpaired) electrons. The van der Waals surface area contributed by atoms with Crippen molar-refractivity contribution in [1.29, 1.82) is 0 Å². The molecule has 98 valence electrons. The highest BCUT2D eigenvalue weighted by Gasteiger charge is 2.34. The Balaban J connectivity index is 1.72. The first-order valence-electron chi connectivity index (χ1n) is 7.40. The largest absolute Gasteiger partial charge is 0.481 e. The number of carbonyl (C=O) groups is 1. The predicted octanol–water partition coefficient (Wildman–Crippen LogP) is 4.09. The van der Waals surface area contributed by atoms with Gasteiger partial charge in [-0.2, -0.15) is 0 Å². The standard InChI is InChI=1S/C15H26O2/c1-2-11-3-6-13(9-11)14-7-4-12(10-14)5-8-15(16)17/h11-14H,2-10H2,1H3,(H,16,17). The van der Waals surface area contributed by atoms with E-state index < -0.39 is 5.97 Å². The van der Waals surface area contributed by atoms with Crippen molar-refractivity contribution in [3.63, 3.8) is 0 Å². The van der Waals surface area contributed by atoms with Gasteiger partial charge in [0.05, 0.1) is 0 Å². The molecule has 0 saturated heterocycles. The summed E-state index contributed by atoms with van der Waals surface area (Å²) in [6.07, 6.45) is 10.9. The van der Waals surface area contributed by atoms with Crippen LogP contribution in [0.15, 0.2) is 0 Å². The van der Waals surface area contributed by atoms with E-state index in [2.05, 4.69) is 6.92 Å². The average Bonchev–Trinajstić information content (AvgIpc) is 2.94. The lowest BCUT2D eigenvalue weighted by molar-refractivity contribution is -0.137. The molecule has 2 aliphatic carbocycles. The van der Waals surface area contributed by atoms with E-state index in [1.54, 1.807) is 0 Å². The summed E-state index contributed by atoms with van der Waals surface area (Å²) < 4.78 is 0. The van der Waals surface area contributed by atoms with Crippen molar-refractivity contribution in [1.82, 2.24) is 0 Å². The molecule has 17 heavy (non-hydrogen) atoms. The van der Waals surface area contributed by atoms with Gasteiger partial charge in [-0.05, 0) is 55.8 Å². The molecule has 2 rings (SSSR count). The number of aliphatic carboxylic acids is 1. The maximum absolute atomic E-state index is 10.6. The molecule has 0 spiro atoms. The highest BCUT2D eigenvalue weighted by atomic mass is 16.4. The molecule has 2 nitrogen and oxygen atoms in total. The Hall–Kier alpha value is -0.530. The molecular weight excluding hydrogens is 212 g/mol. The maximum atomic E-state index is 10.6. The molecule has 0 aromatic carbocycles. The SMILES string of the molecule is CCC1CCC(C2CCC(CCC(=O)O)C2)C1. The predicted molar refractivity (Wildman–Crippen MR) is 68.8 cm³/mol. The third-order valence-electron chi connectivity index (χ3n) is 5.17. The van der Waals surface area contributed by atoms with Gasteiger partial charge < -0.3 is 5.11 Å². The molecule has 0 heterocycles. The van der Waals surface area contributed by atoms with Crippen molar-refractivity contribution in [3.8, 4) is 0 Å². The smallest absolute Gasteiger partial charge is 0.303 e. The van der Waals surface area contributed by atoms with Crippen molar-refractivity contribution < 1.29 is 9.90 Å². The van der Waals surface area contributed by atoms with E-state index in [4.69, 9.17) is 5.11 Å². The molecule has 0 aliphatic heterocycles. The lowest BCUT2D eigenvalue weighted by atomic mass is 9.87. The van der Waals surface area contributed by atoms with Crippen LogP contribution in [0.1, 0.15) is 64.7 Å². The minimum absolute atomic E-state index is 0.375. The fourth-order valence-corrected chi connectivity index (χ4v) is 4.04. The van der Waals surface area contributed by atoms with Gasteiger partial charge in [-0.3, -0.25) is 4.79 Å². The maximum Gasteiger partial charge on any atom is 0.303 e. The first-order valence-corrected chi connectivity index (χ1v) is 7.40. The summed E-state index contributed by atoms with van der Waals surface area (Å²) in [6.45, 7) is 2.32. The van der Waals surface area contributed by atoms with E-state index >= 15 is 0 Å². The summed E-state index contributed by atoms with van der Waals surface area (Å²) in [6, 6.07) is 0. The fourth-order valence-electron chi connectivity index (χ4n) is 4.04. The minimum atomic E-state index is -0.625. The van der Waals surface area contributed by atoms with Crippen molar-refractivity contribution >= 4 is 5.97 Å². The zero-order valence-electron chi connectivity index (χ0n) is 11.0. The van der Waals surface area contributed by atoms with Crippen molar-refractivity contribution in [2.75, 3.05) is 0 Å². The van der Waals surface area contributed by atoms with Crippen LogP contribution in [0.25, 0.3) is 0 Å². The van der Waals surface area contributed by atoms with Crippen LogP contribution < -0.4 is 0 Å². The number of hydrogen-bond acceptors (Lipinski definition) is 1. The normalized spacial score (nSPS) is 37.5. The molecule has 4 atom stereocenters. The number of hydrogen-bond donors (Lipinski definition) is 1. The van der Waals surface area contributed by atoms with Gasteiger partial charge in [0.15, 0.2) is 0 Å². The molecule has 2 fully saturated rings. The summed E-state index contributed by atoms with van der Waals surface area (Å²) >= 11 is 0. The summed E-state index contributed by atoms with van der Waals surface area (Å²) in [5, 5.41) is 8.72. The van der Waals surface area contributed by atoms with Crippen LogP contribution in [0.2, 0.25) is 0 Å². The second-order valence-corrected chi connectivity index (χ2v) is 6.22. The van der Waals surface area contributed by atoms with Crippen LogP contribution in [0.3, 0.4) is 0 Å². The fraction of sp³-hybridized carbons (Fsp3) is 0.933. The molecule has 1 N–H and O–H groups in total. The van der Waals surface area contributed by atoms with Gasteiger partial charge >= 0.3 is 5.97 Å². The third kappa shape index (κ3) is 3.46. The van der Waals surface area contributed by atoms with Crippen LogP contribution in [-0.2, 0) is 4.79 Å². The van der Waals surface area contributed by atoms with Gasteiger partial charge in [0.1, 0.15) is 0 Å². The molecule has 2 aliphatic rings. The number of carboxylic acids is 1. The lowest BCUT2D eigenvalue weighted by Crippen LogP contribution is -2.09. The number of rotatable bonds is 5. The van der Waals surface area contributed by atoms with Gasteiger partial charge in [-0.25, -0.2) is 0 Å². The summed E-state index contributed by atoms with van der Waals surface area (Å²) in [5.41, 5.74) is 0. The Morgan fingerprint density at radius 3 is 2.18 bits per heavy atom. The Morgan fingerprint density at radius 1 is 1.06 bits per heavy atom. The Morgan fingerprint density at radius 2 is 1.65 bits per heavy atom. The Labute approximate surface area is 105 Å². The van der Waals surface area contributed by atoms with E-state index in [0.717, 1.165) is 24.2 Å². The molecule has 0 aromatic heterocycles. The van der Waals surface area contributed by atoms with Gasteiger partial charge in [0.2, 0.25) is 0 Å². The molecular formula is C15H26O2. The van der Waals surface area contributed by atoms with Crippen molar-refractivity contribution in [3.05, 3.63) is 0 Å². The number of carboxylic acid groups (broad SMARTS) is 1. The molecule has 2 heteroatoms. The molecule has 0 bridgehead atoms. The van der Waals surface area contributed by atoms with E-state index in [1.807, 2.05) is 0 Å². The zero-order chi connectivity index (χ0) is 12.3. The summed E-state index contributed by atoms with van der Waals surface area (Å²) in [7, 11) is 0. The average molecular weight is 238 g/mol. The van der Waals surface area contributed by atoms with Crippen molar-refractivity contribution in [2.24, 2.45) is 23.7 Å². The van der Waals surface area contributed by atoms with E-state index in [0.29, 0.717) is 12.3 Å². The van der Waals surface area contributed by atoms with E-state index in [9.17, 15) is 4.79 Å². The molecule has 0 aromatic rings. The Bertz CT molecular complexity index is 262. The second kappa shape index (κ2) is 5.88. The minimum Gasteiger partial charge on any atom is -0.481 e. The van der Waals surface area contributed by atoms with Crippen LogP contribution in [0, 0.1) is 23.7 Å². The lowest BCUT2D eigenvalue weighted by Gasteiger charge is -2.18. The monoisotopic (exact) mass is 238 g/mol. The van der Waals surface area contributed by atoms with Gasteiger partial charge in [0, 0.05) is 6.42 Å². The summed E-state index contributed by atoms with van der Waals surface area (Å²) in [4.78, 5) is 10.6. The zero-order valence-corrected chi connectivity index (χ0v) is 11.0. The van der Waals surface area contributed by atoms with Crippen LogP contribution >= 0.6 is 0 Å². The topological polar surface area (TPSA) is 37.3 Å². The molecule has 0 amide bonds. The van der Waals surface area contributed by atoms with E-state index in [1.165, 1.54) is 44.9 Å². The molecule has 4 unspecified atom stereocenters. The van der Waals surface area contributed by atoms with Crippen LogP contribution in [-0.4, -0.2) is 11.1 Å². The highest BCUT2D eigenvalue weighted by molar-refractivity contribution is 5.66. The summed E-state index contributed by atoms with van der Waals surface area (Å²) in [5.74, 6) is 2.95. The van der Waals surface area contributed by atoms with Gasteiger partial charge in [-0.15, -0.1) is 0 Å². The second-order valence-electron chi connectivity index (χ2n) is 6.22. The highest BCUT2D eigenvalue weighted by Crippen LogP contribution is 2.46. The third-order valence-corrected chi connectivity index (χ3v) is 5.17. The first-order chi connectivity index (χ1) is 8.19. The van der Waals surface area contributed by atoms with E-state index in [-0.39, 0.29) is 0 Å². The van der Waals surface area contributed by atoms with Crippen molar-refractivity contribution in [2.45, 2.75) is 64.7 Å². The first kappa shape index (κ1) is 12.9.